The quantitative estimate of drug-likeness (QED) is 0.653. The van der Waals surface area contributed by atoms with E-state index in [-0.39, 0.29) is 11.9 Å². The van der Waals surface area contributed by atoms with Crippen LogP contribution in [0.4, 0.5) is 5.82 Å². The van der Waals surface area contributed by atoms with Crippen LogP contribution in [0, 0.1) is 6.92 Å². The molecule has 1 N–H and O–H groups in total. The van der Waals surface area contributed by atoms with Gasteiger partial charge >= 0.3 is 0 Å². The fourth-order valence-electron chi connectivity index (χ4n) is 3.36. The second-order valence-electron chi connectivity index (χ2n) is 7.98. The first-order valence-corrected chi connectivity index (χ1v) is 10.2. The summed E-state index contributed by atoms with van der Waals surface area (Å²) in [4.78, 5) is 32.5. The second-order valence-corrected chi connectivity index (χ2v) is 7.98. The minimum atomic E-state index is -0.251. The smallest absolute Gasteiger partial charge is 0.271 e. The number of hydrogen-bond acceptors (Lipinski definition) is 6. The van der Waals surface area contributed by atoms with Crippen LogP contribution < -0.4 is 10.2 Å². The van der Waals surface area contributed by atoms with Crippen molar-refractivity contribution >= 4 is 11.7 Å². The molecule has 30 heavy (non-hydrogen) atoms. The van der Waals surface area contributed by atoms with Crippen LogP contribution in [0.15, 0.2) is 48.9 Å². The molecule has 0 radical (unpaired) electrons. The van der Waals surface area contributed by atoms with E-state index >= 15 is 0 Å². The van der Waals surface area contributed by atoms with Crippen molar-refractivity contribution in [2.75, 3.05) is 19.0 Å². The van der Waals surface area contributed by atoms with Gasteiger partial charge in [-0.3, -0.25) is 9.78 Å². The lowest BCUT2D eigenvalue weighted by Gasteiger charge is -2.21. The van der Waals surface area contributed by atoms with Gasteiger partial charge in [0.2, 0.25) is 0 Å². The van der Waals surface area contributed by atoms with Gasteiger partial charge in [-0.25, -0.2) is 15.0 Å². The zero-order valence-corrected chi connectivity index (χ0v) is 17.5. The van der Waals surface area contributed by atoms with Crippen LogP contribution in [0.2, 0.25) is 0 Å². The molecule has 1 aromatic carbocycles. The third-order valence-electron chi connectivity index (χ3n) is 5.14. The Hall–Kier alpha value is -3.35. The molecule has 1 amide bonds. The third-order valence-corrected chi connectivity index (χ3v) is 5.14. The average Bonchev–Trinajstić information content (AvgIpc) is 3.59. The molecule has 1 fully saturated rings. The average molecular weight is 403 g/mol. The number of nitrogens with zero attached hydrogens (tertiary/aromatic N) is 5. The lowest BCUT2D eigenvalue weighted by Crippen LogP contribution is -2.31. The van der Waals surface area contributed by atoms with E-state index in [1.54, 1.807) is 6.20 Å². The van der Waals surface area contributed by atoms with Gasteiger partial charge < -0.3 is 10.2 Å². The molecule has 4 rings (SSSR count). The zero-order valence-electron chi connectivity index (χ0n) is 17.5. The van der Waals surface area contributed by atoms with Crippen LogP contribution in [0.1, 0.15) is 57.9 Å². The first-order chi connectivity index (χ1) is 14.5. The number of aromatic nitrogens is 4. The molecule has 7 nitrogen and oxygen atoms in total. The number of rotatable bonds is 7. The normalized spacial score (nSPS) is 14.2. The minimum Gasteiger partial charge on any atom is -0.363 e. The number of nitrogens with one attached hydrogen (secondary N) is 1. The van der Waals surface area contributed by atoms with Gasteiger partial charge in [-0.1, -0.05) is 29.8 Å². The fraction of sp³-hybridized carbons (Fsp3) is 0.348. The van der Waals surface area contributed by atoms with Gasteiger partial charge in [0.05, 0.1) is 12.2 Å². The molecule has 7 heteroatoms. The molecule has 1 atom stereocenters. The van der Waals surface area contributed by atoms with Crippen molar-refractivity contribution in [2.45, 2.75) is 38.1 Å². The first-order valence-electron chi connectivity index (χ1n) is 10.2. The highest BCUT2D eigenvalue weighted by Gasteiger charge is 2.28. The number of hydrogen-bond donors (Lipinski definition) is 1. The summed E-state index contributed by atoms with van der Waals surface area (Å²) in [6.07, 6.45) is 7.40. The number of carbonyl (C=O) groups excluding carboxylic acids is 1. The van der Waals surface area contributed by atoms with Crippen LogP contribution in [0.5, 0.6) is 0 Å². The molecular weight excluding hydrogens is 376 g/mol. The van der Waals surface area contributed by atoms with Gasteiger partial charge in [0.1, 0.15) is 17.3 Å². The Morgan fingerprint density at radius 2 is 2.03 bits per heavy atom. The Morgan fingerprint density at radius 1 is 1.20 bits per heavy atom. The summed E-state index contributed by atoms with van der Waals surface area (Å²) in [6, 6.07) is 9.94. The summed E-state index contributed by atoms with van der Waals surface area (Å²) in [5.74, 6) is 2.00. The number of carbonyl (C=O) groups is 1. The predicted octanol–water partition coefficient (Wildman–Crippen LogP) is 3.23. The highest BCUT2D eigenvalue weighted by atomic mass is 16.1. The van der Waals surface area contributed by atoms with E-state index < -0.39 is 0 Å². The van der Waals surface area contributed by atoms with Crippen LogP contribution >= 0.6 is 0 Å². The summed E-state index contributed by atoms with van der Waals surface area (Å²) in [5.41, 5.74) is 3.39. The lowest BCUT2D eigenvalue weighted by molar-refractivity contribution is 0.0931. The van der Waals surface area contributed by atoms with Gasteiger partial charge in [0, 0.05) is 50.6 Å². The summed E-state index contributed by atoms with van der Waals surface area (Å²) in [6.45, 7) is 2.05. The molecule has 0 aliphatic heterocycles. The van der Waals surface area contributed by atoms with Crippen molar-refractivity contribution in [1.29, 1.82) is 0 Å². The van der Waals surface area contributed by atoms with Crippen molar-refractivity contribution < 1.29 is 4.79 Å². The maximum Gasteiger partial charge on any atom is 0.271 e. The van der Waals surface area contributed by atoms with Gasteiger partial charge in [0.15, 0.2) is 0 Å². The summed E-state index contributed by atoms with van der Waals surface area (Å²) < 4.78 is 0. The second kappa shape index (κ2) is 8.57. The molecule has 154 valence electrons. The maximum atomic E-state index is 12.8. The molecule has 0 spiro atoms. The van der Waals surface area contributed by atoms with Crippen LogP contribution in [-0.4, -0.2) is 39.9 Å². The molecule has 2 heterocycles. The van der Waals surface area contributed by atoms with Gasteiger partial charge in [-0.05, 0) is 25.3 Å². The van der Waals surface area contributed by atoms with E-state index in [0.717, 1.165) is 41.3 Å². The van der Waals surface area contributed by atoms with Gasteiger partial charge in [-0.15, -0.1) is 0 Å². The summed E-state index contributed by atoms with van der Waals surface area (Å²) in [7, 11) is 3.97. The van der Waals surface area contributed by atoms with Crippen molar-refractivity contribution in [2.24, 2.45) is 0 Å². The molecule has 0 saturated heterocycles. The third kappa shape index (κ3) is 4.79. The number of aryl methyl sites for hydroxylation is 1. The Kier molecular flexibility index (Phi) is 5.70. The van der Waals surface area contributed by atoms with Crippen molar-refractivity contribution in [1.82, 2.24) is 25.3 Å². The van der Waals surface area contributed by atoms with Crippen molar-refractivity contribution in [3.8, 4) is 0 Å². The van der Waals surface area contributed by atoms with E-state index in [4.69, 9.17) is 9.97 Å². The first kappa shape index (κ1) is 19.9. The molecular formula is C23H26N6O. The fourth-order valence-corrected chi connectivity index (χ4v) is 3.36. The topological polar surface area (TPSA) is 83.9 Å². The Balaban J connectivity index is 1.65. The number of amides is 1. The maximum absolute atomic E-state index is 12.8. The summed E-state index contributed by atoms with van der Waals surface area (Å²) >= 11 is 0. The van der Waals surface area contributed by atoms with Crippen LogP contribution in [-0.2, 0) is 6.42 Å². The molecule has 0 unspecified atom stereocenters. The van der Waals surface area contributed by atoms with E-state index in [1.807, 2.05) is 50.2 Å². The molecule has 0 bridgehead atoms. The monoisotopic (exact) mass is 402 g/mol. The SMILES string of the molecule is Cc1cccc([C@@H](Cc2cc(N(C)C)nc(C3CC3)n2)NC(=O)c2cnccn2)c1. The van der Waals surface area contributed by atoms with E-state index in [1.165, 1.54) is 12.4 Å². The van der Waals surface area contributed by atoms with E-state index in [2.05, 4.69) is 21.4 Å². The molecule has 1 saturated carbocycles. The number of anilines is 1. The molecule has 2 aromatic heterocycles. The van der Waals surface area contributed by atoms with Gasteiger partial charge in [-0.2, -0.15) is 0 Å². The molecule has 3 aromatic rings. The Labute approximate surface area is 176 Å². The minimum absolute atomic E-state index is 0.239. The largest absolute Gasteiger partial charge is 0.363 e. The summed E-state index contributed by atoms with van der Waals surface area (Å²) in [5, 5.41) is 3.12. The van der Waals surface area contributed by atoms with Crippen LogP contribution in [0.25, 0.3) is 0 Å². The predicted molar refractivity (Wildman–Crippen MR) is 115 cm³/mol. The molecule has 1 aliphatic carbocycles. The van der Waals surface area contributed by atoms with Crippen LogP contribution in [0.3, 0.4) is 0 Å². The zero-order chi connectivity index (χ0) is 21.1. The Bertz CT molecular complexity index is 1010. The number of benzene rings is 1. The highest BCUT2D eigenvalue weighted by Crippen LogP contribution is 2.38. The van der Waals surface area contributed by atoms with Gasteiger partial charge in [0.25, 0.3) is 5.91 Å². The lowest BCUT2D eigenvalue weighted by atomic mass is 9.99. The van der Waals surface area contributed by atoms with Crippen molar-refractivity contribution in [3.05, 3.63) is 77.3 Å². The van der Waals surface area contributed by atoms with E-state index in [9.17, 15) is 4.79 Å². The van der Waals surface area contributed by atoms with E-state index in [0.29, 0.717) is 18.0 Å². The standard InChI is InChI=1S/C23H26N6O/c1-15-5-4-6-17(11-15)19(27-23(30)20-14-24-9-10-25-20)12-18-13-21(29(2)3)28-22(26-18)16-7-8-16/h4-6,9-11,13-14,16,19H,7-8,12H2,1-3H3,(H,27,30)/t19-/m1/s1. The molecule has 1 aliphatic rings. The van der Waals surface area contributed by atoms with Crippen molar-refractivity contribution in [3.63, 3.8) is 0 Å². The Morgan fingerprint density at radius 3 is 2.70 bits per heavy atom. The highest BCUT2D eigenvalue weighted by molar-refractivity contribution is 5.92.